The van der Waals surface area contributed by atoms with Crippen LogP contribution in [0.4, 0.5) is 0 Å². The molecule has 0 spiro atoms. The van der Waals surface area contributed by atoms with Crippen molar-refractivity contribution in [1.82, 2.24) is 9.78 Å². The molecule has 0 saturated carbocycles. The summed E-state index contributed by atoms with van der Waals surface area (Å²) in [6, 6.07) is 6.43. The fraction of sp³-hybridized carbons (Fsp3) is 0.474. The maximum absolute atomic E-state index is 12.7. The standard InChI is InChI=1S/C19H24N2O/c1-12-10-19(3,4)16-8-6-7-14(18(12)16)9-17(22)15-11-21(5)20-13(15)2/h6-8,11-12H,9-10H2,1-5H3/t12-/m0/s1. The number of ketones is 1. The van der Waals surface area contributed by atoms with Gasteiger partial charge in [0.2, 0.25) is 0 Å². The molecule has 1 aromatic heterocycles. The topological polar surface area (TPSA) is 34.9 Å². The molecule has 0 fully saturated rings. The van der Waals surface area contributed by atoms with Gasteiger partial charge in [-0.05, 0) is 41.4 Å². The summed E-state index contributed by atoms with van der Waals surface area (Å²) in [6.45, 7) is 8.77. The van der Waals surface area contributed by atoms with Gasteiger partial charge < -0.3 is 0 Å². The minimum atomic E-state index is 0.163. The second kappa shape index (κ2) is 5.08. The lowest BCUT2D eigenvalue weighted by molar-refractivity contribution is 0.0992. The number of rotatable bonds is 3. The predicted molar refractivity (Wildman–Crippen MR) is 88.5 cm³/mol. The highest BCUT2D eigenvalue weighted by Gasteiger charge is 2.36. The van der Waals surface area contributed by atoms with Gasteiger partial charge in [0.15, 0.2) is 5.78 Å². The van der Waals surface area contributed by atoms with E-state index in [4.69, 9.17) is 0 Å². The van der Waals surface area contributed by atoms with Gasteiger partial charge in [-0.3, -0.25) is 9.48 Å². The first-order chi connectivity index (χ1) is 10.3. The van der Waals surface area contributed by atoms with Crippen LogP contribution in [-0.4, -0.2) is 15.6 Å². The Bertz CT molecular complexity index is 740. The first-order valence-electron chi connectivity index (χ1n) is 7.95. The van der Waals surface area contributed by atoms with Crippen LogP contribution in [0.15, 0.2) is 24.4 Å². The Morgan fingerprint density at radius 1 is 1.41 bits per heavy atom. The van der Waals surface area contributed by atoms with Gasteiger partial charge in [0, 0.05) is 19.7 Å². The number of aryl methyl sites for hydroxylation is 2. The third kappa shape index (κ3) is 2.39. The van der Waals surface area contributed by atoms with Crippen molar-refractivity contribution in [3.8, 4) is 0 Å². The lowest BCUT2D eigenvalue weighted by Gasteiger charge is -2.19. The molecule has 0 bridgehead atoms. The van der Waals surface area contributed by atoms with Gasteiger partial charge in [-0.1, -0.05) is 39.0 Å². The molecule has 1 aliphatic rings. The average Bonchev–Trinajstić information content (AvgIpc) is 2.87. The van der Waals surface area contributed by atoms with Crippen molar-refractivity contribution >= 4 is 5.78 Å². The van der Waals surface area contributed by atoms with E-state index in [-0.39, 0.29) is 11.2 Å². The fourth-order valence-electron chi connectivity index (χ4n) is 4.06. The molecular formula is C19H24N2O. The first-order valence-corrected chi connectivity index (χ1v) is 7.95. The maximum atomic E-state index is 12.7. The second-order valence-electron chi connectivity index (χ2n) is 7.27. The molecule has 0 unspecified atom stereocenters. The molecule has 1 heterocycles. The summed E-state index contributed by atoms with van der Waals surface area (Å²) in [4.78, 5) is 12.7. The first kappa shape index (κ1) is 15.0. The minimum Gasteiger partial charge on any atom is -0.294 e. The van der Waals surface area contributed by atoms with Gasteiger partial charge in [0.1, 0.15) is 0 Å². The minimum absolute atomic E-state index is 0.163. The van der Waals surface area contributed by atoms with E-state index in [1.54, 1.807) is 4.68 Å². The van der Waals surface area contributed by atoms with Crippen LogP contribution < -0.4 is 0 Å². The van der Waals surface area contributed by atoms with Crippen LogP contribution in [0.2, 0.25) is 0 Å². The van der Waals surface area contributed by atoms with Gasteiger partial charge in [0.05, 0.1) is 11.3 Å². The van der Waals surface area contributed by atoms with E-state index in [9.17, 15) is 4.79 Å². The molecule has 1 aliphatic carbocycles. The van der Waals surface area contributed by atoms with E-state index in [0.717, 1.165) is 17.7 Å². The Morgan fingerprint density at radius 2 is 2.14 bits per heavy atom. The Kier molecular flexibility index (Phi) is 3.47. The maximum Gasteiger partial charge on any atom is 0.170 e. The number of Topliss-reactive ketones (excluding diaryl/α,β-unsaturated/α-hetero) is 1. The number of carbonyl (C=O) groups is 1. The van der Waals surface area contributed by atoms with Crippen molar-refractivity contribution in [3.63, 3.8) is 0 Å². The quantitative estimate of drug-likeness (QED) is 0.804. The second-order valence-corrected chi connectivity index (χ2v) is 7.27. The molecule has 116 valence electrons. The Balaban J connectivity index is 1.96. The lowest BCUT2D eigenvalue weighted by atomic mass is 9.85. The summed E-state index contributed by atoms with van der Waals surface area (Å²) < 4.78 is 1.71. The van der Waals surface area contributed by atoms with Crippen LogP contribution in [0.1, 0.15) is 65.9 Å². The van der Waals surface area contributed by atoms with Crippen LogP contribution in [0.25, 0.3) is 0 Å². The van der Waals surface area contributed by atoms with E-state index in [1.165, 1.54) is 16.7 Å². The van der Waals surface area contributed by atoms with Gasteiger partial charge in [0.25, 0.3) is 0 Å². The molecule has 1 atom stereocenters. The monoisotopic (exact) mass is 296 g/mol. The van der Waals surface area contributed by atoms with E-state index in [2.05, 4.69) is 44.1 Å². The number of carbonyl (C=O) groups excluding carboxylic acids is 1. The summed E-state index contributed by atoms with van der Waals surface area (Å²) in [7, 11) is 1.86. The summed E-state index contributed by atoms with van der Waals surface area (Å²) in [6.07, 6.45) is 3.45. The average molecular weight is 296 g/mol. The molecule has 2 aromatic rings. The van der Waals surface area contributed by atoms with Gasteiger partial charge in [-0.15, -0.1) is 0 Å². The molecular weight excluding hydrogens is 272 g/mol. The normalized spacial score (nSPS) is 19.2. The number of hydrogen-bond acceptors (Lipinski definition) is 2. The van der Waals surface area contributed by atoms with Crippen molar-refractivity contribution < 1.29 is 4.79 Å². The number of nitrogens with zero attached hydrogens (tertiary/aromatic N) is 2. The highest BCUT2D eigenvalue weighted by atomic mass is 16.1. The third-order valence-corrected chi connectivity index (χ3v) is 4.90. The summed E-state index contributed by atoms with van der Waals surface area (Å²) in [5.74, 6) is 0.680. The number of hydrogen-bond donors (Lipinski definition) is 0. The lowest BCUT2D eigenvalue weighted by Crippen LogP contribution is -2.12. The zero-order valence-electron chi connectivity index (χ0n) is 14.1. The number of aromatic nitrogens is 2. The zero-order chi connectivity index (χ0) is 16.1. The van der Waals surface area contributed by atoms with Gasteiger partial charge in [-0.2, -0.15) is 5.10 Å². The molecule has 0 N–H and O–H groups in total. The van der Waals surface area contributed by atoms with Crippen LogP contribution in [0.5, 0.6) is 0 Å². The van der Waals surface area contributed by atoms with Crippen molar-refractivity contribution in [2.24, 2.45) is 7.05 Å². The summed E-state index contributed by atoms with van der Waals surface area (Å²) >= 11 is 0. The van der Waals surface area contributed by atoms with Crippen molar-refractivity contribution in [2.75, 3.05) is 0 Å². The van der Waals surface area contributed by atoms with E-state index in [1.807, 2.05) is 20.2 Å². The highest BCUT2D eigenvalue weighted by molar-refractivity contribution is 5.98. The third-order valence-electron chi connectivity index (χ3n) is 4.90. The summed E-state index contributed by atoms with van der Waals surface area (Å²) in [5, 5.41) is 4.28. The molecule has 0 saturated heterocycles. The Morgan fingerprint density at radius 3 is 2.77 bits per heavy atom. The zero-order valence-corrected chi connectivity index (χ0v) is 14.1. The highest BCUT2D eigenvalue weighted by Crippen LogP contribution is 2.47. The fourth-order valence-corrected chi connectivity index (χ4v) is 4.06. The SMILES string of the molecule is Cc1nn(C)cc1C(=O)Cc1cccc2c1[C@@H](C)CC2(C)C. The molecule has 3 rings (SSSR count). The van der Waals surface area contributed by atoms with E-state index < -0.39 is 0 Å². The Hall–Kier alpha value is -1.90. The number of benzene rings is 1. The van der Waals surface area contributed by atoms with Crippen LogP contribution in [0, 0.1) is 6.92 Å². The van der Waals surface area contributed by atoms with Crippen molar-refractivity contribution in [3.05, 3.63) is 52.3 Å². The molecule has 0 amide bonds. The summed E-state index contributed by atoms with van der Waals surface area (Å²) in [5.41, 5.74) is 5.75. The van der Waals surface area contributed by atoms with Crippen LogP contribution in [0.3, 0.4) is 0 Å². The molecule has 0 aliphatic heterocycles. The Labute approximate surface area is 132 Å². The smallest absolute Gasteiger partial charge is 0.170 e. The predicted octanol–water partition coefficient (Wildman–Crippen LogP) is 3.94. The molecule has 1 aromatic carbocycles. The van der Waals surface area contributed by atoms with E-state index in [0.29, 0.717) is 12.3 Å². The van der Waals surface area contributed by atoms with Gasteiger partial charge in [-0.25, -0.2) is 0 Å². The largest absolute Gasteiger partial charge is 0.294 e. The number of fused-ring (bicyclic) bond motifs is 1. The van der Waals surface area contributed by atoms with Crippen molar-refractivity contribution in [2.45, 2.75) is 51.9 Å². The molecule has 3 nitrogen and oxygen atoms in total. The van der Waals surface area contributed by atoms with E-state index >= 15 is 0 Å². The van der Waals surface area contributed by atoms with Crippen LogP contribution >= 0.6 is 0 Å². The van der Waals surface area contributed by atoms with Crippen molar-refractivity contribution in [1.29, 1.82) is 0 Å². The molecule has 3 heteroatoms. The molecule has 0 radical (unpaired) electrons. The molecule has 22 heavy (non-hydrogen) atoms. The van der Waals surface area contributed by atoms with Gasteiger partial charge >= 0.3 is 0 Å². The van der Waals surface area contributed by atoms with Crippen LogP contribution in [-0.2, 0) is 18.9 Å².